The lowest BCUT2D eigenvalue weighted by molar-refractivity contribution is 0.378. The van der Waals surface area contributed by atoms with Crippen LogP contribution in [0.25, 0.3) is 5.95 Å². The van der Waals surface area contributed by atoms with Crippen molar-refractivity contribution >= 4 is 11.9 Å². The third-order valence-corrected chi connectivity index (χ3v) is 3.77. The molecule has 1 atom stereocenters. The van der Waals surface area contributed by atoms with Gasteiger partial charge in [0.1, 0.15) is 12.7 Å². The first kappa shape index (κ1) is 13.7. The Morgan fingerprint density at radius 3 is 2.67 bits per heavy atom. The molecule has 0 saturated heterocycles. The van der Waals surface area contributed by atoms with Gasteiger partial charge in [-0.05, 0) is 24.7 Å². The molecule has 8 nitrogen and oxygen atoms in total. The van der Waals surface area contributed by atoms with Crippen LogP contribution in [0.5, 0.6) is 0 Å². The van der Waals surface area contributed by atoms with E-state index in [1.807, 2.05) is 0 Å². The van der Waals surface area contributed by atoms with Gasteiger partial charge in [0.05, 0.1) is 0 Å². The van der Waals surface area contributed by atoms with Crippen molar-refractivity contribution in [1.82, 2.24) is 29.7 Å². The highest BCUT2D eigenvalue weighted by Crippen LogP contribution is 2.37. The molecule has 3 rings (SSSR count). The molecule has 0 spiro atoms. The van der Waals surface area contributed by atoms with Crippen molar-refractivity contribution in [3.8, 4) is 5.95 Å². The van der Waals surface area contributed by atoms with Crippen LogP contribution < -0.4 is 10.6 Å². The second kappa shape index (κ2) is 5.27. The minimum absolute atomic E-state index is 0.380. The lowest BCUT2D eigenvalue weighted by Crippen LogP contribution is -2.20. The van der Waals surface area contributed by atoms with E-state index in [1.54, 1.807) is 13.4 Å². The molecule has 2 aromatic heterocycles. The molecular formula is C13H20N8. The molecule has 0 amide bonds. The first-order valence-corrected chi connectivity index (χ1v) is 7.11. The Balaban J connectivity index is 1.83. The molecule has 2 N–H and O–H groups in total. The van der Waals surface area contributed by atoms with Crippen LogP contribution in [0.15, 0.2) is 12.7 Å². The molecule has 1 unspecified atom stereocenters. The van der Waals surface area contributed by atoms with Crippen molar-refractivity contribution in [1.29, 1.82) is 0 Å². The zero-order valence-electron chi connectivity index (χ0n) is 12.5. The molecule has 2 aromatic rings. The smallest absolute Gasteiger partial charge is 0.258 e. The molecule has 0 aromatic carbocycles. The van der Waals surface area contributed by atoms with Gasteiger partial charge >= 0.3 is 0 Å². The molecule has 1 aliphatic rings. The maximum absolute atomic E-state index is 4.42. The predicted molar refractivity (Wildman–Crippen MR) is 79.3 cm³/mol. The Kier molecular flexibility index (Phi) is 3.44. The van der Waals surface area contributed by atoms with E-state index in [9.17, 15) is 0 Å². The summed E-state index contributed by atoms with van der Waals surface area (Å²) in [5, 5.41) is 10.4. The van der Waals surface area contributed by atoms with Crippen molar-refractivity contribution in [2.45, 2.75) is 39.2 Å². The summed E-state index contributed by atoms with van der Waals surface area (Å²) in [7, 11) is 1.78. The second-order valence-electron chi connectivity index (χ2n) is 6.12. The molecule has 8 heteroatoms. The monoisotopic (exact) mass is 288 g/mol. The molecule has 112 valence electrons. The lowest BCUT2D eigenvalue weighted by atomic mass is 9.92. The average molecular weight is 288 g/mol. The Hall–Kier alpha value is -2.25. The van der Waals surface area contributed by atoms with E-state index in [-0.39, 0.29) is 0 Å². The summed E-state index contributed by atoms with van der Waals surface area (Å²) in [6, 6.07) is 0.399. The molecule has 1 fully saturated rings. The van der Waals surface area contributed by atoms with Crippen LogP contribution in [-0.2, 0) is 0 Å². The Morgan fingerprint density at radius 2 is 2.05 bits per heavy atom. The fourth-order valence-electron chi connectivity index (χ4n) is 2.70. The highest BCUT2D eigenvalue weighted by atomic mass is 15.4. The van der Waals surface area contributed by atoms with Gasteiger partial charge in [-0.25, -0.2) is 4.98 Å². The van der Waals surface area contributed by atoms with Crippen LogP contribution in [0.3, 0.4) is 0 Å². The third kappa shape index (κ3) is 3.09. The van der Waals surface area contributed by atoms with E-state index < -0.39 is 0 Å². The number of hydrogen-bond donors (Lipinski definition) is 2. The minimum atomic E-state index is 0.380. The zero-order valence-corrected chi connectivity index (χ0v) is 12.5. The van der Waals surface area contributed by atoms with Gasteiger partial charge in [-0.1, -0.05) is 13.8 Å². The second-order valence-corrected chi connectivity index (χ2v) is 6.12. The highest BCUT2D eigenvalue weighted by molar-refractivity contribution is 5.38. The number of rotatable bonds is 4. The number of nitrogens with one attached hydrogen (secondary N) is 2. The average Bonchev–Trinajstić information content (AvgIpc) is 3.08. The summed E-state index contributed by atoms with van der Waals surface area (Å²) in [4.78, 5) is 17.0. The standard InChI is InChI=1S/C13H20N8/c1-13(2)5-4-9(6-13)17-11-18-10(14-3)19-12(20-11)21-8-15-7-16-21/h7-9H,4-6H2,1-3H3,(H2,14,17,18,19,20). The molecule has 21 heavy (non-hydrogen) atoms. The van der Waals surface area contributed by atoms with E-state index in [4.69, 9.17) is 0 Å². The van der Waals surface area contributed by atoms with Crippen molar-refractivity contribution in [3.63, 3.8) is 0 Å². The van der Waals surface area contributed by atoms with Gasteiger partial charge in [-0.15, -0.1) is 0 Å². The van der Waals surface area contributed by atoms with E-state index in [0.717, 1.165) is 12.8 Å². The van der Waals surface area contributed by atoms with E-state index >= 15 is 0 Å². The van der Waals surface area contributed by atoms with Crippen molar-refractivity contribution in [3.05, 3.63) is 12.7 Å². The molecular weight excluding hydrogens is 268 g/mol. The minimum Gasteiger partial charge on any atom is -0.357 e. The Bertz CT molecular complexity index is 607. The van der Waals surface area contributed by atoms with Gasteiger partial charge in [0.2, 0.25) is 11.9 Å². The van der Waals surface area contributed by atoms with Gasteiger partial charge in [-0.3, -0.25) is 0 Å². The Labute approximate surface area is 123 Å². The maximum Gasteiger partial charge on any atom is 0.258 e. The number of aromatic nitrogens is 6. The quantitative estimate of drug-likeness (QED) is 0.880. The number of hydrogen-bond acceptors (Lipinski definition) is 7. The van der Waals surface area contributed by atoms with Gasteiger partial charge < -0.3 is 10.6 Å². The van der Waals surface area contributed by atoms with Crippen LogP contribution in [0, 0.1) is 5.41 Å². The predicted octanol–water partition coefficient (Wildman–Crippen LogP) is 1.48. The van der Waals surface area contributed by atoms with Crippen LogP contribution in [0.1, 0.15) is 33.1 Å². The SMILES string of the molecule is CNc1nc(NC2CCC(C)(C)C2)nc(-n2cncn2)n1. The van der Waals surface area contributed by atoms with Crippen molar-refractivity contribution in [2.75, 3.05) is 17.7 Å². The lowest BCUT2D eigenvalue weighted by Gasteiger charge is -2.18. The van der Waals surface area contributed by atoms with Crippen LogP contribution in [-0.4, -0.2) is 42.8 Å². The summed E-state index contributed by atoms with van der Waals surface area (Å²) >= 11 is 0. The topological polar surface area (TPSA) is 93.4 Å². The third-order valence-electron chi connectivity index (χ3n) is 3.77. The van der Waals surface area contributed by atoms with E-state index in [1.165, 1.54) is 17.4 Å². The van der Waals surface area contributed by atoms with E-state index in [0.29, 0.717) is 29.3 Å². The van der Waals surface area contributed by atoms with Crippen LogP contribution in [0.2, 0.25) is 0 Å². The Morgan fingerprint density at radius 1 is 1.24 bits per heavy atom. The fraction of sp³-hybridized carbons (Fsp3) is 0.615. The first-order valence-electron chi connectivity index (χ1n) is 7.11. The molecule has 0 radical (unpaired) electrons. The van der Waals surface area contributed by atoms with Gasteiger partial charge in [-0.2, -0.15) is 24.7 Å². The molecule has 0 aliphatic heterocycles. The molecule has 2 heterocycles. The summed E-state index contributed by atoms with van der Waals surface area (Å²) in [5.74, 6) is 1.53. The molecule has 1 saturated carbocycles. The van der Waals surface area contributed by atoms with Gasteiger partial charge in [0, 0.05) is 13.1 Å². The summed E-state index contributed by atoms with van der Waals surface area (Å²) < 4.78 is 1.52. The number of nitrogens with zero attached hydrogens (tertiary/aromatic N) is 6. The van der Waals surface area contributed by atoms with E-state index in [2.05, 4.69) is 49.5 Å². The summed E-state index contributed by atoms with van der Waals surface area (Å²) in [6.45, 7) is 4.59. The zero-order chi connectivity index (χ0) is 14.9. The van der Waals surface area contributed by atoms with Crippen LogP contribution in [0.4, 0.5) is 11.9 Å². The maximum atomic E-state index is 4.42. The summed E-state index contributed by atoms with van der Waals surface area (Å²) in [5.41, 5.74) is 0.380. The normalized spacial score (nSPS) is 20.4. The van der Waals surface area contributed by atoms with Crippen molar-refractivity contribution in [2.24, 2.45) is 5.41 Å². The van der Waals surface area contributed by atoms with Gasteiger partial charge in [0.15, 0.2) is 0 Å². The molecule has 1 aliphatic carbocycles. The van der Waals surface area contributed by atoms with Crippen molar-refractivity contribution < 1.29 is 0 Å². The highest BCUT2D eigenvalue weighted by Gasteiger charge is 2.31. The fourth-order valence-corrected chi connectivity index (χ4v) is 2.70. The van der Waals surface area contributed by atoms with Crippen LogP contribution >= 0.6 is 0 Å². The largest absolute Gasteiger partial charge is 0.357 e. The summed E-state index contributed by atoms with van der Waals surface area (Å²) in [6.07, 6.45) is 6.48. The molecule has 0 bridgehead atoms. The van der Waals surface area contributed by atoms with Gasteiger partial charge in [0.25, 0.3) is 5.95 Å². The first-order chi connectivity index (χ1) is 10.1. The number of anilines is 2.